The largest absolute Gasteiger partial charge is 0.494 e. The van der Waals surface area contributed by atoms with Crippen LogP contribution in [0.15, 0.2) is 74.8 Å². The summed E-state index contributed by atoms with van der Waals surface area (Å²) in [6.07, 6.45) is 0.295. The Hall–Kier alpha value is -4.12. The van der Waals surface area contributed by atoms with E-state index in [1.807, 2.05) is 62.4 Å². The van der Waals surface area contributed by atoms with Gasteiger partial charge in [-0.15, -0.1) is 4.74 Å². The van der Waals surface area contributed by atoms with Crippen LogP contribution in [-0.2, 0) is 13.2 Å². The topological polar surface area (TPSA) is 146 Å². The summed E-state index contributed by atoms with van der Waals surface area (Å²) in [6, 6.07) is 19.3. The molecule has 6 N–H and O–H groups in total. The number of aryl methyl sites for hydroxylation is 1. The van der Waals surface area contributed by atoms with E-state index in [9.17, 15) is 14.7 Å². The number of rotatable bonds is 13. The first-order valence-corrected chi connectivity index (χ1v) is 13.3. The number of aliphatic hydroxyl groups excluding tert-OH is 1. The van der Waals surface area contributed by atoms with Gasteiger partial charge in [0.2, 0.25) is 0 Å². The van der Waals surface area contributed by atoms with Crippen LogP contribution >= 0.6 is 0 Å². The van der Waals surface area contributed by atoms with Crippen LogP contribution in [0.4, 0.5) is 5.69 Å². The lowest BCUT2D eigenvalue weighted by Crippen LogP contribution is -2.42. The molecule has 0 aliphatic heterocycles. The van der Waals surface area contributed by atoms with Crippen molar-refractivity contribution in [3.63, 3.8) is 0 Å². The van der Waals surface area contributed by atoms with Crippen molar-refractivity contribution in [3.8, 4) is 22.6 Å². The molecule has 3 aromatic carbocycles. The monoisotopic (exact) mass is 549 g/mol. The molecular weight excluding hydrogens is 512 g/mol. The van der Waals surface area contributed by atoms with Crippen molar-refractivity contribution in [3.05, 3.63) is 98.4 Å². The molecule has 0 fully saturated rings. The lowest BCUT2D eigenvalue weighted by atomic mass is 9.96. The Bertz CT molecular complexity index is 1520. The minimum absolute atomic E-state index is 0.145. The molecule has 0 radical (unpaired) electrons. The molecule has 0 aliphatic carbocycles. The van der Waals surface area contributed by atoms with E-state index in [1.54, 1.807) is 0 Å². The van der Waals surface area contributed by atoms with Gasteiger partial charge in [0.05, 0.1) is 18.7 Å². The Kier molecular flexibility index (Phi) is 9.60. The van der Waals surface area contributed by atoms with Gasteiger partial charge in [0.15, 0.2) is 0 Å². The summed E-state index contributed by atoms with van der Waals surface area (Å²) < 4.78 is 17.7. The van der Waals surface area contributed by atoms with Gasteiger partial charge >= 0.3 is 11.4 Å². The van der Waals surface area contributed by atoms with E-state index in [4.69, 9.17) is 14.0 Å². The fraction of sp³-hybridized carbons (Fsp3) is 0.333. The van der Waals surface area contributed by atoms with Gasteiger partial charge in [-0.05, 0) is 72.4 Å². The number of benzene rings is 3. The van der Waals surface area contributed by atoms with E-state index in [0.717, 1.165) is 50.4 Å². The maximum absolute atomic E-state index is 11.6. The summed E-state index contributed by atoms with van der Waals surface area (Å²) in [5.74, 6) is 0.873. The third-order valence-electron chi connectivity index (χ3n) is 6.61. The van der Waals surface area contributed by atoms with Gasteiger partial charge in [0, 0.05) is 12.1 Å². The smallest absolute Gasteiger partial charge is 0.440 e. The minimum atomic E-state index is -0.779. The molecule has 0 aliphatic rings. The maximum Gasteiger partial charge on any atom is 0.440 e. The number of nitrogens with zero attached hydrogens (tertiary/aromatic N) is 1. The van der Waals surface area contributed by atoms with Gasteiger partial charge in [0.1, 0.15) is 30.0 Å². The van der Waals surface area contributed by atoms with Crippen molar-refractivity contribution in [2.45, 2.75) is 46.6 Å². The molecule has 0 spiro atoms. The Morgan fingerprint density at radius 3 is 2.45 bits per heavy atom. The van der Waals surface area contributed by atoms with Crippen LogP contribution in [0, 0.1) is 12.8 Å². The summed E-state index contributed by atoms with van der Waals surface area (Å²) in [6.45, 7) is 7.74. The fourth-order valence-electron chi connectivity index (χ4n) is 4.23. The molecule has 1 unspecified atom stereocenters. The van der Waals surface area contributed by atoms with Crippen LogP contribution in [0.2, 0.25) is 0 Å². The van der Waals surface area contributed by atoms with Gasteiger partial charge in [0.25, 0.3) is 0 Å². The normalized spacial score (nSPS) is 12.1. The molecule has 0 amide bonds. The van der Waals surface area contributed by atoms with Crippen LogP contribution in [0.5, 0.6) is 11.5 Å². The highest BCUT2D eigenvalue weighted by molar-refractivity contribution is 5.77. The third-order valence-corrected chi connectivity index (χ3v) is 6.61. The molecule has 10 heteroatoms. The van der Waals surface area contributed by atoms with Crippen molar-refractivity contribution in [1.29, 1.82) is 0 Å². The predicted octanol–water partition coefficient (Wildman–Crippen LogP) is 2.94. The summed E-state index contributed by atoms with van der Waals surface area (Å²) in [7, 11) is 0. The second kappa shape index (κ2) is 13.3. The van der Waals surface area contributed by atoms with E-state index >= 15 is 0 Å². The standard InChI is InChI=1S/C30H36N4O6/c1-19(2)28(35)32-14-5-15-38-24-12-13-25(20(3)16-24)26-7-4-6-22(27(26)31)18-39-23-10-8-21(9-11-23)17-34-29(36)33-30(37)40-34/h4,6-13,16,19,28,32,35H,5,14-15,17-18,31H2,1-3H3,(H,33,36,37)/p+1. The molecule has 40 heavy (non-hydrogen) atoms. The minimum Gasteiger partial charge on any atom is -0.494 e. The van der Waals surface area contributed by atoms with Gasteiger partial charge in [-0.3, -0.25) is 5.32 Å². The number of H-pyrrole nitrogens is 1. The average molecular weight is 550 g/mol. The van der Waals surface area contributed by atoms with Crippen LogP contribution in [-0.4, -0.2) is 34.2 Å². The summed E-state index contributed by atoms with van der Waals surface area (Å²) in [4.78, 5) is 24.9. The molecule has 0 saturated carbocycles. The van der Waals surface area contributed by atoms with Crippen molar-refractivity contribution in [2.75, 3.05) is 13.2 Å². The first-order valence-electron chi connectivity index (χ1n) is 13.3. The van der Waals surface area contributed by atoms with E-state index in [1.165, 1.54) is 0 Å². The lowest BCUT2D eigenvalue weighted by Gasteiger charge is -2.16. The van der Waals surface area contributed by atoms with E-state index in [-0.39, 0.29) is 12.5 Å². The molecule has 0 saturated heterocycles. The molecule has 0 bridgehead atoms. The van der Waals surface area contributed by atoms with E-state index < -0.39 is 17.7 Å². The van der Waals surface area contributed by atoms with Crippen LogP contribution in [0.25, 0.3) is 11.1 Å². The molecule has 10 nitrogen and oxygen atoms in total. The molecular formula is C30H37N4O6+. The Morgan fingerprint density at radius 1 is 1.02 bits per heavy atom. The Morgan fingerprint density at radius 2 is 1.77 bits per heavy atom. The van der Waals surface area contributed by atoms with Crippen LogP contribution in [0.3, 0.4) is 0 Å². The Labute approximate surface area is 232 Å². The second-order valence-electron chi connectivity index (χ2n) is 10.0. The predicted molar refractivity (Wildman–Crippen MR) is 152 cm³/mol. The van der Waals surface area contributed by atoms with Crippen molar-refractivity contribution >= 4 is 5.69 Å². The average Bonchev–Trinajstić information content (AvgIpc) is 3.24. The van der Waals surface area contributed by atoms with Crippen LogP contribution < -0.4 is 32.0 Å². The quantitative estimate of drug-likeness (QED) is 0.148. The van der Waals surface area contributed by atoms with E-state index in [0.29, 0.717) is 25.5 Å². The number of aromatic nitrogens is 2. The number of hydrogen-bond acceptors (Lipinski definition) is 7. The number of hydrogen-bond donors (Lipinski definition) is 4. The van der Waals surface area contributed by atoms with Gasteiger partial charge < -0.3 is 24.8 Å². The molecule has 1 aromatic heterocycles. The first kappa shape index (κ1) is 28.9. The molecule has 4 rings (SSSR count). The number of nitrogens with one attached hydrogen (secondary N) is 2. The van der Waals surface area contributed by atoms with Gasteiger partial charge in [-0.2, -0.15) is 0 Å². The lowest BCUT2D eigenvalue weighted by molar-refractivity contribution is -0.255. The van der Waals surface area contributed by atoms with Crippen molar-refractivity contribution in [1.82, 2.24) is 15.0 Å². The zero-order valence-electron chi connectivity index (χ0n) is 23.1. The Balaban J connectivity index is 1.34. The van der Waals surface area contributed by atoms with Gasteiger partial charge in [-0.25, -0.2) is 14.6 Å². The van der Waals surface area contributed by atoms with Gasteiger partial charge in [-0.1, -0.05) is 38.1 Å². The summed E-state index contributed by atoms with van der Waals surface area (Å²) >= 11 is 0. The van der Waals surface area contributed by atoms with E-state index in [2.05, 4.69) is 35.1 Å². The SMILES string of the molecule is Cc1cc(OCCCNC(O)C(C)C)ccc1-c1cccc(COc2ccc(Cn3oc(=O)[nH]c3=O)cc2)c1[NH3+]. The molecule has 212 valence electrons. The second-order valence-corrected chi connectivity index (χ2v) is 10.0. The zero-order chi connectivity index (χ0) is 28.6. The maximum atomic E-state index is 11.6. The number of aromatic amines is 1. The number of quaternary nitrogens is 1. The summed E-state index contributed by atoms with van der Waals surface area (Å²) in [5.41, 5.74) is 9.60. The highest BCUT2D eigenvalue weighted by Crippen LogP contribution is 2.32. The number of aliphatic hydroxyl groups is 1. The summed E-state index contributed by atoms with van der Waals surface area (Å²) in [5, 5.41) is 12.9. The fourth-order valence-corrected chi connectivity index (χ4v) is 4.23. The number of ether oxygens (including phenoxy) is 2. The zero-order valence-corrected chi connectivity index (χ0v) is 23.1. The highest BCUT2D eigenvalue weighted by atomic mass is 16.5. The van der Waals surface area contributed by atoms with Crippen molar-refractivity contribution < 1.29 is 24.8 Å². The third kappa shape index (κ3) is 7.50. The highest BCUT2D eigenvalue weighted by Gasteiger charge is 2.14. The molecule has 1 atom stereocenters. The first-order chi connectivity index (χ1) is 19.2. The van der Waals surface area contributed by atoms with Crippen LogP contribution in [0.1, 0.15) is 37.0 Å². The molecule has 4 aromatic rings. The van der Waals surface area contributed by atoms with Crippen molar-refractivity contribution in [2.24, 2.45) is 5.92 Å². The molecule has 1 heterocycles.